The van der Waals surface area contributed by atoms with Gasteiger partial charge in [0.2, 0.25) is 0 Å². The van der Waals surface area contributed by atoms with E-state index in [1.807, 2.05) is 12.1 Å². The molecule has 0 spiro atoms. The van der Waals surface area contributed by atoms with Gasteiger partial charge < -0.3 is 10.3 Å². The zero-order valence-corrected chi connectivity index (χ0v) is 13.6. The lowest BCUT2D eigenvalue weighted by Crippen LogP contribution is -2.29. The molecule has 3 rings (SSSR count). The van der Waals surface area contributed by atoms with E-state index in [-0.39, 0.29) is 6.04 Å². The van der Waals surface area contributed by atoms with E-state index in [4.69, 9.17) is 22.3 Å². The first-order valence-electron chi connectivity index (χ1n) is 8.01. The van der Waals surface area contributed by atoms with Gasteiger partial charge in [-0.15, -0.1) is 0 Å². The molecule has 2 N–H and O–H groups in total. The second kappa shape index (κ2) is 5.98. The Morgan fingerprint density at radius 3 is 2.76 bits per heavy atom. The third-order valence-corrected chi connectivity index (χ3v) is 4.83. The molecule has 2 unspecified atom stereocenters. The molecule has 1 aliphatic carbocycles. The normalized spacial score (nSPS) is 23.7. The van der Waals surface area contributed by atoms with Gasteiger partial charge in [0.15, 0.2) is 0 Å². The number of fused-ring (bicyclic) bond motifs is 1. The Morgan fingerprint density at radius 1 is 1.24 bits per heavy atom. The Morgan fingerprint density at radius 2 is 2.00 bits per heavy atom. The zero-order valence-electron chi connectivity index (χ0n) is 12.8. The quantitative estimate of drug-likeness (QED) is 0.821. The van der Waals surface area contributed by atoms with E-state index >= 15 is 0 Å². The summed E-state index contributed by atoms with van der Waals surface area (Å²) < 4.78 is 2.35. The van der Waals surface area contributed by atoms with Crippen LogP contribution in [0.2, 0.25) is 5.02 Å². The lowest BCUT2D eigenvalue weighted by molar-refractivity contribution is 0.450. The van der Waals surface area contributed by atoms with Crippen LogP contribution in [0.4, 0.5) is 0 Å². The molecule has 2 atom stereocenters. The lowest BCUT2D eigenvalue weighted by atomic mass is 9.94. The first kappa shape index (κ1) is 14.9. The van der Waals surface area contributed by atoms with Crippen molar-refractivity contribution in [2.75, 3.05) is 0 Å². The highest BCUT2D eigenvalue weighted by atomic mass is 35.5. The maximum Gasteiger partial charge on any atom is 0.114 e. The summed E-state index contributed by atoms with van der Waals surface area (Å²) in [5.74, 6) is 1.51. The number of hydrogen-bond donors (Lipinski definition) is 1. The fourth-order valence-corrected chi connectivity index (χ4v) is 3.72. The van der Waals surface area contributed by atoms with Crippen LogP contribution in [0, 0.1) is 0 Å². The van der Waals surface area contributed by atoms with Gasteiger partial charge in [0.05, 0.1) is 11.0 Å². The average Bonchev–Trinajstić information content (AvgIpc) is 2.66. The molecule has 21 heavy (non-hydrogen) atoms. The van der Waals surface area contributed by atoms with Crippen molar-refractivity contribution in [1.29, 1.82) is 0 Å². The van der Waals surface area contributed by atoms with Crippen LogP contribution in [-0.2, 0) is 0 Å². The maximum absolute atomic E-state index is 6.45. The van der Waals surface area contributed by atoms with Crippen LogP contribution in [0.3, 0.4) is 0 Å². The van der Waals surface area contributed by atoms with Gasteiger partial charge in [-0.25, -0.2) is 4.98 Å². The van der Waals surface area contributed by atoms with Gasteiger partial charge in [-0.2, -0.15) is 0 Å². The van der Waals surface area contributed by atoms with Crippen LogP contribution < -0.4 is 5.73 Å². The third-order valence-electron chi connectivity index (χ3n) is 4.60. The number of aromatic nitrogens is 2. The molecule has 4 heteroatoms. The Balaban J connectivity index is 2.13. The summed E-state index contributed by atoms with van der Waals surface area (Å²) in [6.07, 6.45) is 6.03. The van der Waals surface area contributed by atoms with Gasteiger partial charge in [0.25, 0.3) is 0 Å². The summed E-state index contributed by atoms with van der Waals surface area (Å²) in [7, 11) is 0. The van der Waals surface area contributed by atoms with Gasteiger partial charge in [-0.1, -0.05) is 30.9 Å². The van der Waals surface area contributed by atoms with Crippen LogP contribution in [0.5, 0.6) is 0 Å². The van der Waals surface area contributed by atoms with Crippen molar-refractivity contribution in [2.45, 2.75) is 64.0 Å². The monoisotopic (exact) mass is 305 g/mol. The topological polar surface area (TPSA) is 43.8 Å². The Kier molecular flexibility index (Phi) is 4.23. The van der Waals surface area contributed by atoms with Crippen LogP contribution in [0.15, 0.2) is 18.2 Å². The van der Waals surface area contributed by atoms with Gasteiger partial charge in [-0.05, 0) is 44.9 Å². The predicted octanol–water partition coefficient (Wildman–Crippen LogP) is 4.65. The molecule has 1 aromatic heterocycles. The summed E-state index contributed by atoms with van der Waals surface area (Å²) in [5, 5.41) is 0.743. The van der Waals surface area contributed by atoms with E-state index in [2.05, 4.69) is 24.5 Å². The Labute approximate surface area is 131 Å². The molecular formula is C17H24ClN3. The first-order chi connectivity index (χ1) is 10.1. The number of hydrogen-bond acceptors (Lipinski definition) is 2. The van der Waals surface area contributed by atoms with Crippen molar-refractivity contribution in [3.63, 3.8) is 0 Å². The highest BCUT2D eigenvalue weighted by Gasteiger charge is 2.28. The summed E-state index contributed by atoms with van der Waals surface area (Å²) in [5.41, 5.74) is 8.61. The van der Waals surface area contributed by atoms with E-state index in [0.29, 0.717) is 12.0 Å². The molecule has 0 amide bonds. The Hall–Kier alpha value is -1.06. The fraction of sp³-hybridized carbons (Fsp3) is 0.588. The molecule has 3 nitrogen and oxygen atoms in total. The summed E-state index contributed by atoms with van der Waals surface area (Å²) >= 11 is 6.13. The number of benzene rings is 1. The minimum absolute atomic E-state index is 0.220. The van der Waals surface area contributed by atoms with Gasteiger partial charge in [0.1, 0.15) is 5.82 Å². The van der Waals surface area contributed by atoms with Crippen molar-refractivity contribution in [1.82, 2.24) is 9.55 Å². The molecule has 1 fully saturated rings. The molecule has 2 aromatic rings. The van der Waals surface area contributed by atoms with Crippen molar-refractivity contribution >= 4 is 22.6 Å². The minimum atomic E-state index is 0.220. The highest BCUT2D eigenvalue weighted by Crippen LogP contribution is 2.34. The number of nitrogens with zero attached hydrogens (tertiary/aromatic N) is 2. The fourth-order valence-electron chi connectivity index (χ4n) is 3.55. The third kappa shape index (κ3) is 2.82. The molecular weight excluding hydrogens is 282 g/mol. The number of nitrogens with two attached hydrogens (primary N) is 1. The van der Waals surface area contributed by atoms with E-state index in [1.54, 1.807) is 0 Å². The summed E-state index contributed by atoms with van der Waals surface area (Å²) in [4.78, 5) is 4.91. The van der Waals surface area contributed by atoms with Crippen LogP contribution in [-0.4, -0.2) is 15.6 Å². The molecule has 0 saturated heterocycles. The summed E-state index contributed by atoms with van der Waals surface area (Å²) in [6.45, 7) is 4.42. The van der Waals surface area contributed by atoms with E-state index in [1.165, 1.54) is 24.8 Å². The Bertz CT molecular complexity index is 632. The molecule has 1 aliphatic rings. The maximum atomic E-state index is 6.45. The van der Waals surface area contributed by atoms with Crippen LogP contribution in [0.25, 0.3) is 11.0 Å². The second-order valence-corrected chi connectivity index (χ2v) is 6.91. The molecule has 1 saturated carbocycles. The minimum Gasteiger partial charge on any atom is -0.327 e. The van der Waals surface area contributed by atoms with Crippen LogP contribution >= 0.6 is 11.6 Å². The molecule has 0 aliphatic heterocycles. The van der Waals surface area contributed by atoms with E-state index in [0.717, 1.165) is 29.2 Å². The zero-order chi connectivity index (χ0) is 15.0. The molecule has 0 bridgehead atoms. The largest absolute Gasteiger partial charge is 0.327 e. The molecule has 1 aromatic carbocycles. The molecule has 1 heterocycles. The van der Waals surface area contributed by atoms with Crippen molar-refractivity contribution < 1.29 is 0 Å². The lowest BCUT2D eigenvalue weighted by Gasteiger charge is -2.24. The standard InChI is InChI=1S/C17H24ClN3/c1-11(2)21-16-9-8-12(18)10-15(16)20-17(21)13-6-4-3-5-7-14(13)19/h8-11,13-14H,3-7,19H2,1-2H3. The molecule has 114 valence electrons. The van der Waals surface area contributed by atoms with E-state index in [9.17, 15) is 0 Å². The average molecular weight is 306 g/mol. The number of rotatable bonds is 2. The van der Waals surface area contributed by atoms with E-state index < -0.39 is 0 Å². The first-order valence-corrected chi connectivity index (χ1v) is 8.38. The highest BCUT2D eigenvalue weighted by molar-refractivity contribution is 6.31. The van der Waals surface area contributed by atoms with Gasteiger partial charge >= 0.3 is 0 Å². The van der Waals surface area contributed by atoms with Crippen molar-refractivity contribution in [3.8, 4) is 0 Å². The second-order valence-electron chi connectivity index (χ2n) is 6.48. The smallest absolute Gasteiger partial charge is 0.114 e. The SMILES string of the molecule is CC(C)n1c(C2CCCCCC2N)nc2cc(Cl)ccc21. The van der Waals surface area contributed by atoms with Gasteiger partial charge in [-0.3, -0.25) is 0 Å². The number of imidazole rings is 1. The van der Waals surface area contributed by atoms with Gasteiger partial charge in [0, 0.05) is 23.0 Å². The molecule has 0 radical (unpaired) electrons. The van der Waals surface area contributed by atoms with Crippen molar-refractivity contribution in [3.05, 3.63) is 29.0 Å². The van der Waals surface area contributed by atoms with Crippen LogP contribution in [0.1, 0.15) is 63.7 Å². The van der Waals surface area contributed by atoms with Crippen molar-refractivity contribution in [2.24, 2.45) is 5.73 Å². The predicted molar refractivity (Wildman–Crippen MR) is 88.9 cm³/mol. The number of halogens is 1. The summed E-state index contributed by atoms with van der Waals surface area (Å²) in [6, 6.07) is 6.58.